The van der Waals surface area contributed by atoms with Gasteiger partial charge in [0.05, 0.1) is 0 Å². The van der Waals surface area contributed by atoms with Gasteiger partial charge in [0, 0.05) is 4.53 Å². The second-order valence-corrected chi connectivity index (χ2v) is 1.86. The van der Waals surface area contributed by atoms with Crippen LogP contribution in [0.5, 0.6) is 5.75 Å². The number of hydrogen-bond donors (Lipinski definition) is 0. The highest BCUT2D eigenvalue weighted by Crippen LogP contribution is 2.15. The van der Waals surface area contributed by atoms with Crippen LogP contribution >= 0.6 is 0 Å². The lowest BCUT2D eigenvalue weighted by Crippen LogP contribution is -2.06. The van der Waals surface area contributed by atoms with E-state index < -0.39 is 12.0 Å². The molecule has 0 atom stereocenters. The van der Waals surface area contributed by atoms with E-state index in [0.717, 1.165) is 6.07 Å². The van der Waals surface area contributed by atoms with Gasteiger partial charge in [0.15, 0.2) is 11.6 Å². The van der Waals surface area contributed by atoms with Gasteiger partial charge in [-0.3, -0.25) is 0 Å². The van der Waals surface area contributed by atoms with Crippen molar-refractivity contribution in [3.63, 3.8) is 0 Å². The van der Waals surface area contributed by atoms with Gasteiger partial charge in [-0.1, -0.05) is 12.1 Å². The summed E-state index contributed by atoms with van der Waals surface area (Å²) in [5, 5.41) is 0. The van der Waals surface area contributed by atoms with E-state index >= 15 is 0 Å². The minimum atomic E-state index is -1.60. The number of carbonyl (C=O) groups is 1. The quantitative estimate of drug-likeness (QED) is 0.483. The third-order valence-electron chi connectivity index (χ3n) is 1.09. The van der Waals surface area contributed by atoms with Gasteiger partial charge in [-0.2, -0.15) is 4.79 Å². The highest BCUT2D eigenvalue weighted by atomic mass is 19.3. The van der Waals surface area contributed by atoms with Gasteiger partial charge in [-0.05, 0) is 12.1 Å². The Bertz CT molecular complexity index is 288. The molecule has 0 unspecified atom stereocenters. The summed E-state index contributed by atoms with van der Waals surface area (Å²) >= 11 is 0. The number of halogens is 2. The molecular weight excluding hydrogens is 170 g/mol. The van der Waals surface area contributed by atoms with Crippen LogP contribution < -0.4 is 4.74 Å². The van der Waals surface area contributed by atoms with Crippen molar-refractivity contribution in [1.82, 2.24) is 0 Å². The lowest BCUT2D eigenvalue weighted by atomic mass is 10.3. The highest BCUT2D eigenvalue weighted by molar-refractivity contribution is 5.62. The Hall–Kier alpha value is -1.65. The predicted octanol–water partition coefficient (Wildman–Crippen LogP) is 2.23. The zero-order valence-electron chi connectivity index (χ0n) is 5.79. The Labute approximate surface area is 66.4 Å². The van der Waals surface area contributed by atoms with Gasteiger partial charge in [-0.25, -0.2) is 9.33 Å². The van der Waals surface area contributed by atoms with Crippen LogP contribution in [-0.2, 0) is 4.94 Å². The van der Waals surface area contributed by atoms with E-state index in [4.69, 9.17) is 0 Å². The van der Waals surface area contributed by atoms with E-state index in [1.165, 1.54) is 18.2 Å². The number of carbonyl (C=O) groups excluding carboxylic acids is 1. The number of para-hydroxylation sites is 1. The van der Waals surface area contributed by atoms with Crippen LogP contribution in [0.1, 0.15) is 0 Å². The zero-order valence-corrected chi connectivity index (χ0v) is 5.79. The molecule has 0 fully saturated rings. The summed E-state index contributed by atoms with van der Waals surface area (Å²) in [5.41, 5.74) is 0. The summed E-state index contributed by atoms with van der Waals surface area (Å²) in [6, 6.07) is 5.08. The van der Waals surface area contributed by atoms with Gasteiger partial charge in [0.25, 0.3) is 0 Å². The zero-order chi connectivity index (χ0) is 8.97. The first-order valence-electron chi connectivity index (χ1n) is 2.99. The van der Waals surface area contributed by atoms with E-state index in [-0.39, 0.29) is 5.75 Å². The molecule has 5 heteroatoms. The van der Waals surface area contributed by atoms with Crippen LogP contribution in [0.4, 0.5) is 13.7 Å². The van der Waals surface area contributed by atoms with Crippen molar-refractivity contribution in [2.75, 3.05) is 0 Å². The first-order valence-corrected chi connectivity index (χ1v) is 2.99. The van der Waals surface area contributed by atoms with E-state index in [9.17, 15) is 13.7 Å². The van der Waals surface area contributed by atoms with Gasteiger partial charge >= 0.3 is 6.16 Å². The largest absolute Gasteiger partial charge is 0.550 e. The molecule has 64 valence electrons. The van der Waals surface area contributed by atoms with E-state index in [1.807, 2.05) is 0 Å². The van der Waals surface area contributed by atoms with Crippen molar-refractivity contribution in [1.29, 1.82) is 0 Å². The maximum Gasteiger partial charge on any atom is 0.550 e. The topological polar surface area (TPSA) is 35.5 Å². The summed E-state index contributed by atoms with van der Waals surface area (Å²) < 4.78 is 27.8. The lowest BCUT2D eigenvalue weighted by molar-refractivity contribution is -0.0845. The van der Waals surface area contributed by atoms with Crippen molar-refractivity contribution in [3.05, 3.63) is 30.1 Å². The fourth-order valence-corrected chi connectivity index (χ4v) is 0.633. The molecule has 0 aliphatic carbocycles. The molecule has 0 saturated heterocycles. The summed E-state index contributed by atoms with van der Waals surface area (Å²) in [5.74, 6) is -1.14. The number of ether oxygens (including phenoxy) is 1. The van der Waals surface area contributed by atoms with E-state index in [1.54, 1.807) is 0 Å². The molecule has 0 amide bonds. The molecule has 12 heavy (non-hydrogen) atoms. The fourth-order valence-electron chi connectivity index (χ4n) is 0.633. The summed E-state index contributed by atoms with van der Waals surface area (Å²) in [4.78, 5) is 12.8. The smallest absolute Gasteiger partial charge is 0.390 e. The molecule has 0 spiro atoms. The summed E-state index contributed by atoms with van der Waals surface area (Å²) in [6.45, 7) is 0. The molecule has 0 heterocycles. The first kappa shape index (κ1) is 8.45. The van der Waals surface area contributed by atoms with Crippen LogP contribution in [0, 0.1) is 5.82 Å². The summed E-state index contributed by atoms with van der Waals surface area (Å²) in [7, 11) is 0. The minimum Gasteiger partial charge on any atom is -0.390 e. The van der Waals surface area contributed by atoms with Crippen molar-refractivity contribution < 1.29 is 23.4 Å². The molecule has 0 aliphatic heterocycles. The van der Waals surface area contributed by atoms with Gasteiger partial charge < -0.3 is 4.74 Å². The van der Waals surface area contributed by atoms with Crippen LogP contribution in [-0.4, -0.2) is 6.16 Å². The SMILES string of the molecule is O=C(OF)Oc1ccccc1F. The molecule has 0 aromatic heterocycles. The summed E-state index contributed by atoms with van der Waals surface area (Å²) in [6.07, 6.45) is -1.60. The third-order valence-corrected chi connectivity index (χ3v) is 1.09. The van der Waals surface area contributed by atoms with Crippen molar-refractivity contribution in [2.24, 2.45) is 0 Å². The normalized spacial score (nSPS) is 9.17. The molecular formula is C7H4F2O3. The average molecular weight is 174 g/mol. The maximum absolute atomic E-state index is 12.6. The Kier molecular flexibility index (Phi) is 2.57. The van der Waals surface area contributed by atoms with Crippen molar-refractivity contribution in [2.45, 2.75) is 0 Å². The highest BCUT2D eigenvalue weighted by Gasteiger charge is 2.09. The van der Waals surface area contributed by atoms with E-state index in [0.29, 0.717) is 0 Å². The second-order valence-electron chi connectivity index (χ2n) is 1.86. The molecule has 1 rings (SSSR count). The Morgan fingerprint density at radius 2 is 2.00 bits per heavy atom. The Morgan fingerprint density at radius 3 is 2.58 bits per heavy atom. The average Bonchev–Trinajstić information content (AvgIpc) is 2.09. The monoisotopic (exact) mass is 174 g/mol. The van der Waals surface area contributed by atoms with Crippen molar-refractivity contribution in [3.8, 4) is 5.75 Å². The maximum atomic E-state index is 12.6. The molecule has 1 aromatic carbocycles. The van der Waals surface area contributed by atoms with Crippen LogP contribution in [0.15, 0.2) is 24.3 Å². The molecule has 1 aromatic rings. The molecule has 0 bridgehead atoms. The molecule has 0 saturated carbocycles. The predicted molar refractivity (Wildman–Crippen MR) is 34.6 cm³/mol. The Balaban J connectivity index is 2.75. The molecule has 0 aliphatic rings. The first-order chi connectivity index (χ1) is 5.74. The van der Waals surface area contributed by atoms with Gasteiger partial charge in [0.2, 0.25) is 0 Å². The number of rotatable bonds is 1. The standard InChI is InChI=1S/C7H4F2O3/c8-5-3-1-2-4-6(5)11-7(10)12-9/h1-4H. The molecule has 3 nitrogen and oxygen atoms in total. The number of hydrogen-bond acceptors (Lipinski definition) is 3. The van der Waals surface area contributed by atoms with Crippen LogP contribution in [0.3, 0.4) is 0 Å². The molecule has 0 N–H and O–H groups in total. The molecule has 0 radical (unpaired) electrons. The van der Waals surface area contributed by atoms with Crippen LogP contribution in [0.2, 0.25) is 0 Å². The fraction of sp³-hybridized carbons (Fsp3) is 0. The third kappa shape index (κ3) is 1.91. The van der Waals surface area contributed by atoms with Gasteiger partial charge in [0.1, 0.15) is 0 Å². The second kappa shape index (κ2) is 3.66. The van der Waals surface area contributed by atoms with Gasteiger partial charge in [-0.15, -0.1) is 0 Å². The Morgan fingerprint density at radius 1 is 1.33 bits per heavy atom. The lowest BCUT2D eigenvalue weighted by Gasteiger charge is -1.99. The minimum absolute atomic E-state index is 0.375. The van der Waals surface area contributed by atoms with E-state index in [2.05, 4.69) is 9.68 Å². The number of benzene rings is 1. The van der Waals surface area contributed by atoms with Crippen LogP contribution in [0.25, 0.3) is 0 Å². The van der Waals surface area contributed by atoms with Crippen molar-refractivity contribution >= 4 is 6.16 Å².